The molecule has 0 bridgehead atoms. The zero-order valence-electron chi connectivity index (χ0n) is 23.5. The smallest absolute Gasteiger partial charge is 0.278 e. The van der Waals surface area contributed by atoms with Gasteiger partial charge in [-0.25, -0.2) is 0 Å². The molecule has 0 spiro atoms. The molecule has 0 fully saturated rings. The molecule has 0 saturated carbocycles. The SMILES string of the molecule is CCOP(=S)(OCC)SCn1nnc2ccccc2c1=O.CCOP(=S)(OCC)SCn1nnc2ccccc2c1=O. The normalized spacial score (nSPS) is 11.9. The summed E-state index contributed by atoms with van der Waals surface area (Å²) in [6.07, 6.45) is 0. The van der Waals surface area contributed by atoms with Crippen LogP contribution in [-0.4, -0.2) is 56.4 Å². The second kappa shape index (κ2) is 17.0. The summed E-state index contributed by atoms with van der Waals surface area (Å²) in [4.78, 5) is 24.6. The van der Waals surface area contributed by atoms with E-state index in [0.29, 0.717) is 48.2 Å². The number of hydrogen-bond donors (Lipinski definition) is 0. The van der Waals surface area contributed by atoms with E-state index in [1.165, 1.54) is 32.1 Å². The molecule has 0 aliphatic carbocycles. The fourth-order valence-electron chi connectivity index (χ4n) is 3.32. The molecule has 0 radical (unpaired) electrons. The fraction of sp³-hybridized carbons (Fsp3) is 0.417. The lowest BCUT2D eigenvalue weighted by molar-refractivity contribution is 0.280. The maximum Gasteiger partial charge on any atom is 0.278 e. The Labute approximate surface area is 261 Å². The molecule has 0 aliphatic rings. The molecule has 228 valence electrons. The number of nitrogens with zero attached hydrogens (tertiary/aromatic N) is 6. The first kappa shape index (κ1) is 34.9. The van der Waals surface area contributed by atoms with E-state index in [4.69, 9.17) is 41.7 Å². The molecule has 42 heavy (non-hydrogen) atoms. The summed E-state index contributed by atoms with van der Waals surface area (Å²) < 4.78 is 24.7. The van der Waals surface area contributed by atoms with Crippen molar-refractivity contribution in [1.29, 1.82) is 0 Å². The maximum atomic E-state index is 12.3. The molecular formula is C24H32N6O6P2S4. The van der Waals surface area contributed by atoms with Crippen molar-refractivity contribution in [2.45, 2.75) is 39.4 Å². The van der Waals surface area contributed by atoms with E-state index in [1.807, 2.05) is 39.8 Å². The van der Waals surface area contributed by atoms with Gasteiger partial charge in [-0.15, -0.1) is 10.2 Å². The highest BCUT2D eigenvalue weighted by atomic mass is 32.9. The standard InChI is InChI=1S/2C12H16N3O3PS2/c2*1-3-17-19(20,18-4-2)21-9-15-12(16)10-7-5-6-8-11(10)13-14-15/h2*5-8H,3-4,9H2,1-2H3. The first-order valence-electron chi connectivity index (χ1n) is 12.9. The molecule has 0 aliphatic heterocycles. The van der Waals surface area contributed by atoms with Crippen molar-refractivity contribution in [3.63, 3.8) is 0 Å². The number of aromatic nitrogens is 6. The third-order valence-corrected chi connectivity index (χ3v) is 15.8. The molecule has 18 heteroatoms. The van der Waals surface area contributed by atoms with Crippen LogP contribution >= 0.6 is 34.2 Å². The maximum absolute atomic E-state index is 12.3. The summed E-state index contributed by atoms with van der Waals surface area (Å²) in [5.74, 6) is 0.516. The fourth-order valence-corrected chi connectivity index (χ4v) is 11.7. The van der Waals surface area contributed by atoms with Crippen molar-refractivity contribution < 1.29 is 18.1 Å². The highest BCUT2D eigenvalue weighted by Crippen LogP contribution is 2.61. The Bertz CT molecular complexity index is 1550. The third-order valence-electron chi connectivity index (χ3n) is 5.08. The number of hydrogen-bond acceptors (Lipinski definition) is 14. The average Bonchev–Trinajstić information content (AvgIpc) is 2.98. The van der Waals surface area contributed by atoms with Crippen molar-refractivity contribution in [3.05, 3.63) is 69.2 Å². The van der Waals surface area contributed by atoms with E-state index < -0.39 is 11.4 Å². The molecule has 0 saturated heterocycles. The molecule has 0 amide bonds. The van der Waals surface area contributed by atoms with Gasteiger partial charge < -0.3 is 18.1 Å². The minimum absolute atomic E-state index is 0.192. The van der Waals surface area contributed by atoms with E-state index in [9.17, 15) is 9.59 Å². The Kier molecular flexibility index (Phi) is 14.2. The second-order valence-corrected chi connectivity index (χ2v) is 20.5. The summed E-state index contributed by atoms with van der Waals surface area (Å²) in [5.41, 5.74) is -4.11. The lowest BCUT2D eigenvalue weighted by Gasteiger charge is -2.19. The van der Waals surface area contributed by atoms with Crippen molar-refractivity contribution in [2.75, 3.05) is 26.4 Å². The number of benzene rings is 2. The van der Waals surface area contributed by atoms with Crippen LogP contribution in [-0.2, 0) is 53.5 Å². The van der Waals surface area contributed by atoms with Crippen LogP contribution in [0, 0.1) is 0 Å². The molecule has 4 rings (SSSR count). The molecule has 0 N–H and O–H groups in total. The van der Waals surface area contributed by atoms with Gasteiger partial charge in [-0.3, -0.25) is 9.59 Å². The van der Waals surface area contributed by atoms with Gasteiger partial charge in [-0.1, -0.05) is 34.7 Å². The van der Waals surface area contributed by atoms with Gasteiger partial charge in [-0.05, 0) is 98.3 Å². The minimum Gasteiger partial charge on any atom is -0.322 e. The van der Waals surface area contributed by atoms with Gasteiger partial charge in [0.25, 0.3) is 11.1 Å². The third kappa shape index (κ3) is 9.71. The number of fused-ring (bicyclic) bond motifs is 2. The van der Waals surface area contributed by atoms with E-state index in [1.54, 1.807) is 36.4 Å². The zero-order valence-corrected chi connectivity index (χ0v) is 28.6. The molecule has 2 aromatic carbocycles. The quantitative estimate of drug-likeness (QED) is 0.153. The van der Waals surface area contributed by atoms with E-state index in [0.717, 1.165) is 0 Å². The lowest BCUT2D eigenvalue weighted by atomic mass is 10.2. The molecule has 0 unspecified atom stereocenters. The molecule has 4 aromatic rings. The Morgan fingerprint density at radius 1 is 0.643 bits per heavy atom. The van der Waals surface area contributed by atoms with Crippen LogP contribution in [0.3, 0.4) is 0 Å². The van der Waals surface area contributed by atoms with Crippen molar-refractivity contribution in [1.82, 2.24) is 30.0 Å². The first-order chi connectivity index (χ1) is 20.2. The molecule has 2 heterocycles. The lowest BCUT2D eigenvalue weighted by Crippen LogP contribution is -2.23. The Morgan fingerprint density at radius 2 is 0.976 bits per heavy atom. The molecule has 12 nitrogen and oxygen atoms in total. The van der Waals surface area contributed by atoms with Crippen molar-refractivity contribution in [3.8, 4) is 0 Å². The summed E-state index contributed by atoms with van der Waals surface area (Å²) in [7, 11) is 0. The van der Waals surface area contributed by atoms with Gasteiger partial charge in [0.05, 0.1) is 37.2 Å². The first-order valence-corrected chi connectivity index (χ1v) is 21.4. The summed E-state index contributed by atoms with van der Waals surface area (Å²) in [5, 5.41) is 17.0. The van der Waals surface area contributed by atoms with Gasteiger partial charge in [-0.2, -0.15) is 9.36 Å². The van der Waals surface area contributed by atoms with Crippen LogP contribution in [0.5, 0.6) is 0 Å². The Balaban J connectivity index is 0.000000230. The van der Waals surface area contributed by atoms with Crippen LogP contribution in [0.25, 0.3) is 21.8 Å². The van der Waals surface area contributed by atoms with E-state index in [-0.39, 0.29) is 22.9 Å². The van der Waals surface area contributed by atoms with E-state index in [2.05, 4.69) is 20.6 Å². The summed E-state index contributed by atoms with van der Waals surface area (Å²) in [6, 6.07) is 14.2. The predicted octanol–water partition coefficient (Wildman–Crippen LogP) is 5.56. The second-order valence-electron chi connectivity index (χ2n) is 7.90. The number of rotatable bonds is 14. The summed E-state index contributed by atoms with van der Waals surface area (Å²) >= 11 is 13.4. The van der Waals surface area contributed by atoms with Crippen LogP contribution < -0.4 is 11.1 Å². The Hall–Kier alpha value is -1.58. The van der Waals surface area contributed by atoms with Crippen LogP contribution in [0.15, 0.2) is 58.1 Å². The van der Waals surface area contributed by atoms with Crippen LogP contribution in [0.2, 0.25) is 0 Å². The monoisotopic (exact) mass is 690 g/mol. The van der Waals surface area contributed by atoms with Gasteiger partial charge in [0.1, 0.15) is 22.8 Å². The van der Waals surface area contributed by atoms with Gasteiger partial charge in [0.2, 0.25) is 11.4 Å². The van der Waals surface area contributed by atoms with Crippen LogP contribution in [0.4, 0.5) is 0 Å². The predicted molar refractivity (Wildman–Crippen MR) is 178 cm³/mol. The molecule has 2 aromatic heterocycles. The van der Waals surface area contributed by atoms with Gasteiger partial charge in [0.15, 0.2) is 0 Å². The highest BCUT2D eigenvalue weighted by molar-refractivity contribution is 8.67. The molecular weight excluding hydrogens is 659 g/mol. The van der Waals surface area contributed by atoms with Gasteiger partial charge in [0, 0.05) is 0 Å². The topological polar surface area (TPSA) is 132 Å². The Morgan fingerprint density at radius 3 is 1.31 bits per heavy atom. The van der Waals surface area contributed by atoms with Crippen molar-refractivity contribution in [2.24, 2.45) is 0 Å². The largest absolute Gasteiger partial charge is 0.322 e. The van der Waals surface area contributed by atoms with Gasteiger partial charge >= 0.3 is 0 Å². The highest BCUT2D eigenvalue weighted by Gasteiger charge is 2.21. The van der Waals surface area contributed by atoms with Crippen molar-refractivity contribution >= 4 is 79.6 Å². The molecule has 0 atom stereocenters. The zero-order chi connectivity index (χ0) is 30.6. The van der Waals surface area contributed by atoms with E-state index >= 15 is 0 Å². The average molecular weight is 691 g/mol. The summed E-state index contributed by atoms with van der Waals surface area (Å²) in [6.45, 7) is 9.35. The minimum atomic E-state index is -2.44. The van der Waals surface area contributed by atoms with Crippen LogP contribution in [0.1, 0.15) is 27.7 Å².